The third-order valence-corrected chi connectivity index (χ3v) is 12.9. The number of ether oxygens (including phenoxy) is 1. The normalized spacial score (nSPS) is 14.3. The molecule has 1 atom stereocenters. The molecule has 0 amide bonds. The fraction of sp³-hybridized carbons (Fsp3) is 0.0182. The van der Waals surface area contributed by atoms with Gasteiger partial charge in [0.1, 0.15) is 0 Å². The Labute approximate surface area is 343 Å². The molecule has 3 nitrogen and oxygen atoms in total. The monoisotopic (exact) mass is 750 g/mol. The second kappa shape index (κ2) is 12.5. The number of hydrogen-bond acceptors (Lipinski definition) is 2. The molecule has 0 fully saturated rings. The Hall–Kier alpha value is -7.56. The lowest BCUT2D eigenvalue weighted by atomic mass is 9.34. The van der Waals surface area contributed by atoms with Crippen LogP contribution < -0.4 is 26.0 Å². The standard InChI is InChI=1S/C55H35BN2O/c1-3-17-35(18-4-1)37-21-7-8-23-39(37)53-41-24-10-12-29-47(41)57-50-33-43-40-25-16-32-52-55(40)58(48-30-13-14-31-51(48)59-52)49(43)34-46(50)56(45-28-15-26-42(53)54(45)57)44-27-11-9-22-38(44)36-19-5-2-6-20-36/h1-34,53H. The summed E-state index contributed by atoms with van der Waals surface area (Å²) in [6.45, 7) is -0.0485. The van der Waals surface area contributed by atoms with Crippen LogP contribution in [0.15, 0.2) is 206 Å². The van der Waals surface area contributed by atoms with Crippen LogP contribution in [0.2, 0.25) is 0 Å². The van der Waals surface area contributed by atoms with E-state index in [1.54, 1.807) is 0 Å². The van der Waals surface area contributed by atoms with Crippen LogP contribution in [0.4, 0.5) is 17.1 Å². The lowest BCUT2D eigenvalue weighted by Gasteiger charge is -2.45. The van der Waals surface area contributed by atoms with E-state index >= 15 is 0 Å². The van der Waals surface area contributed by atoms with Crippen molar-refractivity contribution in [2.75, 3.05) is 4.90 Å². The van der Waals surface area contributed by atoms with Crippen LogP contribution in [0.25, 0.3) is 49.7 Å². The van der Waals surface area contributed by atoms with Crippen LogP contribution in [-0.4, -0.2) is 11.3 Å². The Morgan fingerprint density at radius 1 is 0.407 bits per heavy atom. The van der Waals surface area contributed by atoms with Crippen LogP contribution >= 0.6 is 0 Å². The summed E-state index contributed by atoms with van der Waals surface area (Å²) >= 11 is 0. The van der Waals surface area contributed by atoms with E-state index in [1.165, 1.54) is 88.7 Å². The van der Waals surface area contributed by atoms with Crippen molar-refractivity contribution in [3.63, 3.8) is 0 Å². The maximum atomic E-state index is 6.59. The molecule has 59 heavy (non-hydrogen) atoms. The predicted molar refractivity (Wildman–Crippen MR) is 245 cm³/mol. The Bertz CT molecular complexity index is 3330. The van der Waals surface area contributed by atoms with E-state index in [0.717, 1.165) is 22.7 Å². The summed E-state index contributed by atoms with van der Waals surface area (Å²) in [6.07, 6.45) is 0. The van der Waals surface area contributed by atoms with Gasteiger partial charge < -0.3 is 14.2 Å². The summed E-state index contributed by atoms with van der Waals surface area (Å²) in [4.78, 5) is 2.59. The van der Waals surface area contributed by atoms with Gasteiger partial charge in [-0.2, -0.15) is 0 Å². The van der Waals surface area contributed by atoms with Gasteiger partial charge in [0.15, 0.2) is 11.5 Å². The molecule has 3 aliphatic heterocycles. The minimum absolute atomic E-state index is 0.0244. The number of anilines is 3. The van der Waals surface area contributed by atoms with E-state index in [-0.39, 0.29) is 12.6 Å². The minimum atomic E-state index is -0.0485. The first kappa shape index (κ1) is 32.5. The molecule has 1 aromatic heterocycles. The van der Waals surface area contributed by atoms with Crippen molar-refractivity contribution in [1.29, 1.82) is 0 Å². The van der Waals surface area contributed by atoms with Crippen LogP contribution in [0, 0.1) is 0 Å². The zero-order valence-corrected chi connectivity index (χ0v) is 32.1. The highest BCUT2D eigenvalue weighted by Gasteiger charge is 2.43. The molecule has 0 bridgehead atoms. The lowest BCUT2D eigenvalue weighted by molar-refractivity contribution is 0.476. The van der Waals surface area contributed by atoms with Gasteiger partial charge in [-0.3, -0.25) is 0 Å². The second-order valence-electron chi connectivity index (χ2n) is 15.9. The SMILES string of the molecule is c1ccc(-c2ccccc2B2c3cc4c(cc3N3c5ccccc5C(c5ccccc5-c5ccccc5)c5cccc2c53)c2cccc3c2n4-c2ccccc2O3)cc1. The summed E-state index contributed by atoms with van der Waals surface area (Å²) in [5, 5.41) is 2.40. The van der Waals surface area contributed by atoms with Crippen molar-refractivity contribution in [2.24, 2.45) is 0 Å². The van der Waals surface area contributed by atoms with Gasteiger partial charge in [-0.1, -0.05) is 175 Å². The maximum Gasteiger partial charge on any atom is 0.247 e. The van der Waals surface area contributed by atoms with Crippen LogP contribution in [0.1, 0.15) is 22.6 Å². The third kappa shape index (κ3) is 4.60. The quantitative estimate of drug-likeness (QED) is 0.167. The van der Waals surface area contributed by atoms with Crippen LogP contribution in [0.5, 0.6) is 11.5 Å². The number of fused-ring (bicyclic) bond motifs is 9. The molecule has 1 unspecified atom stereocenters. The van der Waals surface area contributed by atoms with Gasteiger partial charge in [-0.05, 0) is 86.3 Å². The van der Waals surface area contributed by atoms with Crippen molar-refractivity contribution in [3.05, 3.63) is 223 Å². The van der Waals surface area contributed by atoms with Crippen molar-refractivity contribution >= 4 is 62.0 Å². The minimum Gasteiger partial charge on any atom is -0.453 e. The lowest BCUT2D eigenvalue weighted by Crippen LogP contribution is -2.58. The summed E-state index contributed by atoms with van der Waals surface area (Å²) in [7, 11) is 0. The number of nitrogens with zero attached hydrogens (tertiary/aromatic N) is 2. The summed E-state index contributed by atoms with van der Waals surface area (Å²) in [5.41, 5.74) is 19.9. The first-order chi connectivity index (χ1) is 29.3. The highest BCUT2D eigenvalue weighted by atomic mass is 16.5. The number of hydrogen-bond donors (Lipinski definition) is 0. The zero-order chi connectivity index (χ0) is 38.6. The fourth-order valence-corrected chi connectivity index (χ4v) is 10.6. The second-order valence-corrected chi connectivity index (χ2v) is 15.9. The van der Waals surface area contributed by atoms with Gasteiger partial charge >= 0.3 is 0 Å². The van der Waals surface area contributed by atoms with E-state index in [0.29, 0.717) is 0 Å². The molecule has 10 aromatic rings. The van der Waals surface area contributed by atoms with Gasteiger partial charge in [-0.15, -0.1) is 0 Å². The molecule has 0 spiro atoms. The molecule has 0 saturated carbocycles. The van der Waals surface area contributed by atoms with Crippen molar-refractivity contribution < 1.29 is 4.74 Å². The molecule has 0 N–H and O–H groups in total. The number of benzene rings is 9. The van der Waals surface area contributed by atoms with Crippen molar-refractivity contribution in [3.8, 4) is 39.4 Å². The van der Waals surface area contributed by atoms with E-state index in [9.17, 15) is 0 Å². The fourth-order valence-electron chi connectivity index (χ4n) is 10.6. The Morgan fingerprint density at radius 3 is 1.85 bits per heavy atom. The number of rotatable bonds is 4. The zero-order valence-electron chi connectivity index (χ0n) is 32.1. The van der Waals surface area contributed by atoms with Crippen LogP contribution in [-0.2, 0) is 0 Å². The molecule has 4 heterocycles. The van der Waals surface area contributed by atoms with Gasteiger partial charge in [0.05, 0.1) is 22.4 Å². The van der Waals surface area contributed by atoms with E-state index in [4.69, 9.17) is 4.74 Å². The highest BCUT2D eigenvalue weighted by molar-refractivity contribution is 6.99. The molecule has 0 radical (unpaired) electrons. The molecule has 9 aromatic carbocycles. The highest BCUT2D eigenvalue weighted by Crippen LogP contribution is 2.54. The molecule has 0 saturated heterocycles. The Kier molecular flexibility index (Phi) is 6.87. The third-order valence-electron chi connectivity index (χ3n) is 12.9. The van der Waals surface area contributed by atoms with Crippen LogP contribution in [0.3, 0.4) is 0 Å². The molecule has 3 aliphatic rings. The average Bonchev–Trinajstić information content (AvgIpc) is 3.63. The van der Waals surface area contributed by atoms with Gasteiger partial charge in [0.2, 0.25) is 6.71 Å². The summed E-state index contributed by atoms with van der Waals surface area (Å²) < 4.78 is 9.02. The summed E-state index contributed by atoms with van der Waals surface area (Å²) in [6, 6.07) is 75.9. The van der Waals surface area contributed by atoms with Gasteiger partial charge in [0.25, 0.3) is 0 Å². The first-order valence-electron chi connectivity index (χ1n) is 20.5. The Morgan fingerprint density at radius 2 is 1.02 bits per heavy atom. The summed E-state index contributed by atoms with van der Waals surface area (Å²) in [5.74, 6) is 1.78. The Balaban J connectivity index is 1.15. The molecule has 13 rings (SSSR count). The topological polar surface area (TPSA) is 17.4 Å². The largest absolute Gasteiger partial charge is 0.453 e. The van der Waals surface area contributed by atoms with Gasteiger partial charge in [-0.25, -0.2) is 0 Å². The predicted octanol–water partition coefficient (Wildman–Crippen LogP) is 12.0. The van der Waals surface area contributed by atoms with Crippen molar-refractivity contribution in [1.82, 2.24) is 4.57 Å². The van der Waals surface area contributed by atoms with Crippen molar-refractivity contribution in [2.45, 2.75) is 5.92 Å². The van der Waals surface area contributed by atoms with Gasteiger partial charge in [0, 0.05) is 28.1 Å². The molecule has 0 aliphatic carbocycles. The smallest absolute Gasteiger partial charge is 0.247 e. The molecular formula is C55H35BN2O. The van der Waals surface area contributed by atoms with E-state index in [1.807, 2.05) is 0 Å². The first-order valence-corrected chi connectivity index (χ1v) is 20.5. The maximum absolute atomic E-state index is 6.59. The molecule has 4 heteroatoms. The van der Waals surface area contributed by atoms with E-state index < -0.39 is 0 Å². The molecule has 274 valence electrons. The number of para-hydroxylation sites is 5. The molecular weight excluding hydrogens is 715 g/mol. The number of aromatic nitrogens is 1. The van der Waals surface area contributed by atoms with E-state index in [2.05, 4.69) is 216 Å². The average molecular weight is 751 g/mol.